The zero-order valence-electron chi connectivity index (χ0n) is 17.2. The van der Waals surface area contributed by atoms with E-state index < -0.39 is 0 Å². The summed E-state index contributed by atoms with van der Waals surface area (Å²) in [5.74, 6) is 1.10. The molecule has 0 radical (unpaired) electrons. The number of anilines is 1. The maximum absolute atomic E-state index is 6.26. The third kappa shape index (κ3) is 4.60. The van der Waals surface area contributed by atoms with Gasteiger partial charge in [0.1, 0.15) is 0 Å². The maximum atomic E-state index is 6.26. The molecule has 0 bridgehead atoms. The summed E-state index contributed by atoms with van der Waals surface area (Å²) < 4.78 is 1.86. The van der Waals surface area contributed by atoms with Gasteiger partial charge in [0, 0.05) is 68.7 Å². The fourth-order valence-electron chi connectivity index (χ4n) is 4.02. The number of rotatable bonds is 5. The van der Waals surface area contributed by atoms with Gasteiger partial charge in [-0.3, -0.25) is 9.58 Å². The summed E-state index contributed by atoms with van der Waals surface area (Å²) in [6, 6.07) is 7.96. The van der Waals surface area contributed by atoms with Crippen LogP contribution in [0.4, 0.5) is 5.95 Å². The van der Waals surface area contributed by atoms with Crippen molar-refractivity contribution in [2.75, 3.05) is 32.1 Å². The second kappa shape index (κ2) is 8.51. The number of aromatic nitrogens is 4. The average molecular weight is 411 g/mol. The quantitative estimate of drug-likeness (QED) is 0.636. The van der Waals surface area contributed by atoms with E-state index in [-0.39, 0.29) is 0 Å². The van der Waals surface area contributed by atoms with Crippen molar-refractivity contribution >= 4 is 17.5 Å². The van der Waals surface area contributed by atoms with Gasteiger partial charge < -0.3 is 4.90 Å². The monoisotopic (exact) mass is 410 g/mol. The van der Waals surface area contributed by atoms with Crippen LogP contribution in [0.1, 0.15) is 30.0 Å². The first kappa shape index (κ1) is 19.9. The molecule has 0 aliphatic carbocycles. The van der Waals surface area contributed by atoms with Crippen molar-refractivity contribution in [3.8, 4) is 11.1 Å². The highest BCUT2D eigenvalue weighted by molar-refractivity contribution is 6.30. The Labute approximate surface area is 177 Å². The molecule has 4 rings (SSSR count). The van der Waals surface area contributed by atoms with Crippen LogP contribution in [-0.2, 0) is 13.6 Å². The molecule has 1 saturated heterocycles. The van der Waals surface area contributed by atoms with Crippen molar-refractivity contribution in [1.82, 2.24) is 24.6 Å². The van der Waals surface area contributed by atoms with Crippen LogP contribution < -0.4 is 4.90 Å². The van der Waals surface area contributed by atoms with Crippen molar-refractivity contribution in [1.29, 1.82) is 0 Å². The van der Waals surface area contributed by atoms with Crippen LogP contribution in [0.3, 0.4) is 0 Å². The molecule has 1 aliphatic heterocycles. The molecule has 0 saturated carbocycles. The number of hydrogen-bond donors (Lipinski definition) is 0. The molecule has 6 nitrogen and oxygen atoms in total. The molecule has 0 unspecified atom stereocenters. The number of benzene rings is 1. The lowest BCUT2D eigenvalue weighted by Gasteiger charge is -2.33. The summed E-state index contributed by atoms with van der Waals surface area (Å²) in [6.45, 7) is 3.00. The van der Waals surface area contributed by atoms with E-state index in [0.717, 1.165) is 60.3 Å². The molecule has 1 aromatic carbocycles. The Morgan fingerprint density at radius 2 is 2.10 bits per heavy atom. The van der Waals surface area contributed by atoms with E-state index in [2.05, 4.69) is 27.2 Å². The molecule has 3 heterocycles. The molecule has 7 heteroatoms. The predicted octanol–water partition coefficient (Wildman–Crippen LogP) is 3.98. The van der Waals surface area contributed by atoms with Gasteiger partial charge in [0.25, 0.3) is 0 Å². The van der Waals surface area contributed by atoms with Gasteiger partial charge in [0.05, 0.1) is 11.9 Å². The van der Waals surface area contributed by atoms with Crippen molar-refractivity contribution in [2.45, 2.75) is 25.3 Å². The minimum absolute atomic E-state index is 0.358. The number of aryl methyl sites for hydroxylation is 1. The van der Waals surface area contributed by atoms with E-state index in [9.17, 15) is 0 Å². The van der Waals surface area contributed by atoms with Crippen LogP contribution in [0.5, 0.6) is 0 Å². The van der Waals surface area contributed by atoms with Crippen molar-refractivity contribution in [2.24, 2.45) is 7.05 Å². The highest BCUT2D eigenvalue weighted by atomic mass is 35.5. The minimum atomic E-state index is 0.358. The topological polar surface area (TPSA) is 50.1 Å². The predicted molar refractivity (Wildman–Crippen MR) is 117 cm³/mol. The average Bonchev–Trinajstić information content (AvgIpc) is 3.12. The molecule has 29 heavy (non-hydrogen) atoms. The normalized spacial score (nSPS) is 17.4. The van der Waals surface area contributed by atoms with Gasteiger partial charge in [-0.25, -0.2) is 9.97 Å². The molecular weight excluding hydrogens is 384 g/mol. The fourth-order valence-corrected chi connectivity index (χ4v) is 4.21. The second-order valence-corrected chi connectivity index (χ2v) is 8.41. The molecule has 1 aliphatic rings. The molecule has 2 aromatic heterocycles. The molecule has 1 atom stereocenters. The van der Waals surface area contributed by atoms with Crippen molar-refractivity contribution in [3.63, 3.8) is 0 Å². The molecule has 152 valence electrons. The third-order valence-corrected chi connectivity index (χ3v) is 5.63. The lowest BCUT2D eigenvalue weighted by Crippen LogP contribution is -2.34. The first-order valence-corrected chi connectivity index (χ1v) is 10.4. The lowest BCUT2D eigenvalue weighted by molar-refractivity contribution is 0.198. The highest BCUT2D eigenvalue weighted by Crippen LogP contribution is 2.35. The molecule has 0 amide bonds. The highest BCUT2D eigenvalue weighted by Gasteiger charge is 2.26. The third-order valence-electron chi connectivity index (χ3n) is 5.40. The Kier molecular flexibility index (Phi) is 5.83. The van der Waals surface area contributed by atoms with E-state index in [0.29, 0.717) is 5.92 Å². The Hall–Kier alpha value is -2.44. The first-order chi connectivity index (χ1) is 14.0. The van der Waals surface area contributed by atoms with Gasteiger partial charge in [-0.15, -0.1) is 0 Å². The van der Waals surface area contributed by atoms with Crippen LogP contribution in [0.2, 0.25) is 5.02 Å². The van der Waals surface area contributed by atoms with Crippen LogP contribution in [0.25, 0.3) is 11.1 Å². The van der Waals surface area contributed by atoms with E-state index in [4.69, 9.17) is 16.6 Å². The Morgan fingerprint density at radius 3 is 2.83 bits per heavy atom. The molecule has 3 aromatic rings. The summed E-state index contributed by atoms with van der Waals surface area (Å²) in [5.41, 5.74) is 4.51. The molecule has 1 fully saturated rings. The fraction of sp³-hybridized carbons (Fsp3) is 0.409. The standard InChI is InChI=1S/C22H27ClN6/c1-27(2)22-24-12-20(17-6-4-8-19(23)10-17)21(26-22)18-7-5-9-29(15-18)14-16-11-25-28(3)13-16/h4,6,8,10-13,18H,5,7,9,14-15H2,1-3H3/t18-/m1/s1. The number of likely N-dealkylation sites (tertiary alicyclic amines) is 1. The molecular formula is C22H27ClN6. The summed E-state index contributed by atoms with van der Waals surface area (Å²) >= 11 is 6.26. The van der Waals surface area contributed by atoms with Crippen molar-refractivity contribution in [3.05, 3.63) is 59.1 Å². The van der Waals surface area contributed by atoms with E-state index in [1.54, 1.807) is 0 Å². The Bertz CT molecular complexity index is 983. The zero-order chi connectivity index (χ0) is 20.4. The summed E-state index contributed by atoms with van der Waals surface area (Å²) in [5, 5.41) is 5.03. The summed E-state index contributed by atoms with van der Waals surface area (Å²) in [4.78, 5) is 14.0. The number of hydrogen-bond acceptors (Lipinski definition) is 5. The van der Waals surface area contributed by atoms with Gasteiger partial charge in [-0.2, -0.15) is 5.10 Å². The van der Waals surface area contributed by atoms with Crippen molar-refractivity contribution < 1.29 is 0 Å². The van der Waals surface area contributed by atoms with Crippen LogP contribution in [0, 0.1) is 0 Å². The number of piperidine rings is 1. The number of halogens is 1. The summed E-state index contributed by atoms with van der Waals surface area (Å²) in [6.07, 6.45) is 8.28. The Balaban J connectivity index is 1.65. The SMILES string of the molecule is CN(C)c1ncc(-c2cccc(Cl)c2)c([C@@H]2CCCN(Cc3cnn(C)c3)C2)n1. The summed E-state index contributed by atoms with van der Waals surface area (Å²) in [7, 11) is 5.92. The van der Waals surface area contributed by atoms with Gasteiger partial charge >= 0.3 is 0 Å². The van der Waals surface area contributed by atoms with Gasteiger partial charge in [0.2, 0.25) is 5.95 Å². The zero-order valence-corrected chi connectivity index (χ0v) is 18.0. The van der Waals surface area contributed by atoms with Crippen LogP contribution in [-0.4, -0.2) is 51.8 Å². The first-order valence-electron chi connectivity index (χ1n) is 9.99. The van der Waals surface area contributed by atoms with Crippen LogP contribution >= 0.6 is 11.6 Å². The minimum Gasteiger partial charge on any atom is -0.347 e. The van der Waals surface area contributed by atoms with Gasteiger partial charge in [-0.05, 0) is 37.1 Å². The number of nitrogens with zero attached hydrogens (tertiary/aromatic N) is 6. The Morgan fingerprint density at radius 1 is 1.24 bits per heavy atom. The molecule has 0 spiro atoms. The lowest BCUT2D eigenvalue weighted by atomic mass is 9.90. The van der Waals surface area contributed by atoms with E-state index in [1.165, 1.54) is 5.56 Å². The largest absolute Gasteiger partial charge is 0.347 e. The van der Waals surface area contributed by atoms with E-state index in [1.807, 2.05) is 61.3 Å². The van der Waals surface area contributed by atoms with Gasteiger partial charge in [0.15, 0.2) is 0 Å². The van der Waals surface area contributed by atoms with E-state index >= 15 is 0 Å². The smallest absolute Gasteiger partial charge is 0.225 e. The molecule has 0 N–H and O–H groups in total. The van der Waals surface area contributed by atoms with Crippen LogP contribution in [0.15, 0.2) is 42.9 Å². The van der Waals surface area contributed by atoms with Gasteiger partial charge in [-0.1, -0.05) is 23.7 Å². The maximum Gasteiger partial charge on any atom is 0.225 e. The second-order valence-electron chi connectivity index (χ2n) is 7.97.